The van der Waals surface area contributed by atoms with Crippen LogP contribution >= 0.6 is 0 Å². The zero-order chi connectivity index (χ0) is 25.8. The molecule has 0 unspecified atom stereocenters. The maximum absolute atomic E-state index is 12.5. The minimum Gasteiger partial charge on any atom is -0.377 e. The Morgan fingerprint density at radius 3 is 2.53 bits per heavy atom. The van der Waals surface area contributed by atoms with E-state index in [0.29, 0.717) is 24.1 Å². The van der Waals surface area contributed by atoms with E-state index < -0.39 is 11.0 Å². The van der Waals surface area contributed by atoms with Gasteiger partial charge in [0.2, 0.25) is 0 Å². The molecule has 0 atom stereocenters. The summed E-state index contributed by atoms with van der Waals surface area (Å²) in [6, 6.07) is 13.3. The summed E-state index contributed by atoms with van der Waals surface area (Å²) in [6.45, 7) is 4.18. The standard InChI is InChI=1S/C27H34N6O3/c1-17-9-14-23(33(35)36)26(18(17)2)31-27(34)28-16-19-10-12-20(13-11-19)29-25-15-24(32(3)4)21-7-5-6-8-22(21)30-25/h5-9,14-15,19-20H,10-13,16H2,1-4H3,(H,29,30)(H2,28,31,34)/t19-,20+. The first-order valence-electron chi connectivity index (χ1n) is 12.4. The molecule has 1 aliphatic carbocycles. The van der Waals surface area contributed by atoms with E-state index in [-0.39, 0.29) is 11.4 Å². The van der Waals surface area contributed by atoms with Crippen LogP contribution in [0.1, 0.15) is 36.8 Å². The van der Waals surface area contributed by atoms with Gasteiger partial charge in [0.25, 0.3) is 5.69 Å². The lowest BCUT2D eigenvalue weighted by molar-refractivity contribution is -0.384. The summed E-state index contributed by atoms with van der Waals surface area (Å²) in [5, 5.41) is 21.7. The molecule has 190 valence electrons. The first kappa shape index (κ1) is 25.2. The molecule has 0 saturated heterocycles. The van der Waals surface area contributed by atoms with Crippen molar-refractivity contribution in [3.8, 4) is 0 Å². The quantitative estimate of drug-likeness (QED) is 0.293. The van der Waals surface area contributed by atoms with Crippen LogP contribution in [-0.2, 0) is 0 Å². The number of rotatable bonds is 7. The SMILES string of the molecule is Cc1ccc([N+](=O)[O-])c(NC(=O)NC[C@H]2CC[C@@H](Nc3cc(N(C)C)c4ccccc4n3)CC2)c1C. The molecule has 0 bridgehead atoms. The second kappa shape index (κ2) is 10.8. The van der Waals surface area contributed by atoms with Crippen LogP contribution in [0, 0.1) is 29.9 Å². The molecule has 1 aliphatic rings. The second-order valence-electron chi connectivity index (χ2n) is 9.79. The van der Waals surface area contributed by atoms with Crippen LogP contribution in [0.15, 0.2) is 42.5 Å². The molecule has 0 radical (unpaired) electrons. The Balaban J connectivity index is 1.30. The van der Waals surface area contributed by atoms with Gasteiger partial charge in [0, 0.05) is 49.9 Å². The molecule has 0 aliphatic heterocycles. The summed E-state index contributed by atoms with van der Waals surface area (Å²) in [6.07, 6.45) is 3.94. The van der Waals surface area contributed by atoms with E-state index in [1.165, 1.54) is 6.07 Å². The van der Waals surface area contributed by atoms with Crippen LogP contribution < -0.4 is 20.9 Å². The predicted molar refractivity (Wildman–Crippen MR) is 145 cm³/mol. The lowest BCUT2D eigenvalue weighted by Crippen LogP contribution is -2.36. The van der Waals surface area contributed by atoms with Crippen molar-refractivity contribution in [3.05, 3.63) is 63.7 Å². The fourth-order valence-corrected chi connectivity index (χ4v) is 4.83. The highest BCUT2D eigenvalue weighted by molar-refractivity contribution is 5.94. The van der Waals surface area contributed by atoms with Gasteiger partial charge in [-0.1, -0.05) is 24.3 Å². The number of nitro groups is 1. The van der Waals surface area contributed by atoms with Crippen molar-refractivity contribution in [1.29, 1.82) is 0 Å². The molecule has 9 heteroatoms. The summed E-state index contributed by atoms with van der Waals surface area (Å²) in [5.41, 5.74) is 3.85. The third-order valence-electron chi connectivity index (χ3n) is 7.08. The molecule has 1 fully saturated rings. The monoisotopic (exact) mass is 490 g/mol. The van der Waals surface area contributed by atoms with Crippen LogP contribution in [-0.4, -0.2) is 42.6 Å². The summed E-state index contributed by atoms with van der Waals surface area (Å²) >= 11 is 0. The summed E-state index contributed by atoms with van der Waals surface area (Å²) in [4.78, 5) is 30.3. The molecule has 1 heterocycles. The van der Waals surface area contributed by atoms with Gasteiger partial charge in [-0.2, -0.15) is 0 Å². The number of pyridine rings is 1. The molecule has 9 nitrogen and oxygen atoms in total. The van der Waals surface area contributed by atoms with E-state index in [0.717, 1.165) is 53.7 Å². The van der Waals surface area contributed by atoms with Crippen molar-refractivity contribution < 1.29 is 9.72 Å². The van der Waals surface area contributed by atoms with Gasteiger partial charge in [0.15, 0.2) is 0 Å². The van der Waals surface area contributed by atoms with Crippen LogP contribution in [0.25, 0.3) is 10.9 Å². The van der Waals surface area contributed by atoms with Crippen LogP contribution in [0.3, 0.4) is 0 Å². The number of benzene rings is 2. The first-order valence-corrected chi connectivity index (χ1v) is 12.4. The summed E-state index contributed by atoms with van der Waals surface area (Å²) in [5.74, 6) is 1.25. The molecule has 0 spiro atoms. The average Bonchev–Trinajstić information content (AvgIpc) is 2.85. The number of carbonyl (C=O) groups excluding carboxylic acids is 1. The number of carbonyl (C=O) groups is 1. The molecule has 1 aromatic heterocycles. The van der Waals surface area contributed by atoms with Gasteiger partial charge in [-0.25, -0.2) is 9.78 Å². The van der Waals surface area contributed by atoms with E-state index in [2.05, 4.69) is 33.0 Å². The number of fused-ring (bicyclic) bond motifs is 1. The first-order chi connectivity index (χ1) is 17.2. The van der Waals surface area contributed by atoms with E-state index in [9.17, 15) is 14.9 Å². The van der Waals surface area contributed by atoms with Gasteiger partial charge in [-0.15, -0.1) is 0 Å². The molecule has 36 heavy (non-hydrogen) atoms. The number of anilines is 3. The van der Waals surface area contributed by atoms with Crippen molar-refractivity contribution >= 4 is 39.8 Å². The molecule has 4 rings (SSSR count). The van der Waals surface area contributed by atoms with Gasteiger partial charge in [0.05, 0.1) is 10.4 Å². The second-order valence-corrected chi connectivity index (χ2v) is 9.79. The van der Waals surface area contributed by atoms with Crippen molar-refractivity contribution in [2.24, 2.45) is 5.92 Å². The molecular weight excluding hydrogens is 456 g/mol. The Bertz CT molecular complexity index is 1270. The van der Waals surface area contributed by atoms with E-state index in [1.807, 2.05) is 39.2 Å². The maximum Gasteiger partial charge on any atom is 0.319 e. The zero-order valence-electron chi connectivity index (χ0n) is 21.3. The molecular formula is C27H34N6O3. The van der Waals surface area contributed by atoms with Crippen LogP contribution in [0.2, 0.25) is 0 Å². The minimum atomic E-state index is -0.470. The number of hydrogen-bond acceptors (Lipinski definition) is 6. The number of urea groups is 1. The highest BCUT2D eigenvalue weighted by Crippen LogP contribution is 2.32. The van der Waals surface area contributed by atoms with Gasteiger partial charge < -0.3 is 20.9 Å². The highest BCUT2D eigenvalue weighted by atomic mass is 16.6. The van der Waals surface area contributed by atoms with Gasteiger partial charge in [0.1, 0.15) is 11.5 Å². The number of aryl methyl sites for hydroxylation is 1. The minimum absolute atomic E-state index is 0.0976. The maximum atomic E-state index is 12.5. The molecule has 3 aromatic rings. The van der Waals surface area contributed by atoms with Crippen LogP contribution in [0.4, 0.5) is 27.7 Å². The molecule has 3 N–H and O–H groups in total. The molecule has 2 amide bonds. The van der Waals surface area contributed by atoms with E-state index in [1.54, 1.807) is 13.0 Å². The number of hydrogen-bond donors (Lipinski definition) is 3. The normalized spacial score (nSPS) is 17.4. The van der Waals surface area contributed by atoms with Crippen molar-refractivity contribution in [1.82, 2.24) is 10.3 Å². The average molecular weight is 491 g/mol. The summed E-state index contributed by atoms with van der Waals surface area (Å²) in [7, 11) is 4.08. The largest absolute Gasteiger partial charge is 0.377 e. The lowest BCUT2D eigenvalue weighted by atomic mass is 9.86. The van der Waals surface area contributed by atoms with Crippen molar-refractivity contribution in [2.75, 3.05) is 36.2 Å². The topological polar surface area (TPSA) is 112 Å². The predicted octanol–water partition coefficient (Wildman–Crippen LogP) is 5.62. The number of nitrogens with zero attached hydrogens (tertiary/aromatic N) is 3. The van der Waals surface area contributed by atoms with Gasteiger partial charge >= 0.3 is 6.03 Å². The Morgan fingerprint density at radius 2 is 1.83 bits per heavy atom. The Kier molecular flexibility index (Phi) is 7.57. The fourth-order valence-electron chi connectivity index (χ4n) is 4.83. The van der Waals surface area contributed by atoms with Crippen molar-refractivity contribution in [2.45, 2.75) is 45.6 Å². The van der Waals surface area contributed by atoms with Gasteiger partial charge in [-0.3, -0.25) is 10.1 Å². The zero-order valence-corrected chi connectivity index (χ0v) is 21.3. The molecule has 2 aromatic carbocycles. The fraction of sp³-hybridized carbons (Fsp3) is 0.407. The number of aromatic nitrogens is 1. The Labute approximate surface area is 211 Å². The third-order valence-corrected chi connectivity index (χ3v) is 7.08. The number of amides is 2. The summed E-state index contributed by atoms with van der Waals surface area (Å²) < 4.78 is 0. The number of para-hydroxylation sites is 1. The Morgan fingerprint density at radius 1 is 1.11 bits per heavy atom. The molecule has 1 saturated carbocycles. The number of nitrogens with one attached hydrogen (secondary N) is 3. The van der Waals surface area contributed by atoms with Crippen molar-refractivity contribution in [3.63, 3.8) is 0 Å². The van der Waals surface area contributed by atoms with E-state index in [4.69, 9.17) is 4.98 Å². The van der Waals surface area contributed by atoms with E-state index >= 15 is 0 Å². The number of nitro benzene ring substituents is 1. The third kappa shape index (κ3) is 5.67. The highest BCUT2D eigenvalue weighted by Gasteiger charge is 2.23. The van der Waals surface area contributed by atoms with Crippen LogP contribution in [0.5, 0.6) is 0 Å². The van der Waals surface area contributed by atoms with Gasteiger partial charge in [-0.05, 0) is 62.6 Å². The lowest BCUT2D eigenvalue weighted by Gasteiger charge is -2.30. The Hall–Kier alpha value is -3.88. The smallest absolute Gasteiger partial charge is 0.319 e.